The van der Waals surface area contributed by atoms with E-state index in [9.17, 15) is 4.79 Å². The van der Waals surface area contributed by atoms with Gasteiger partial charge in [-0.1, -0.05) is 23.8 Å². The highest BCUT2D eigenvalue weighted by atomic mass is 16.5. The normalized spacial score (nSPS) is 20.3. The Morgan fingerprint density at radius 1 is 1.60 bits per heavy atom. The Hall–Kier alpha value is -1.09. The van der Waals surface area contributed by atoms with Gasteiger partial charge >= 0.3 is 5.97 Å². The van der Waals surface area contributed by atoms with Crippen LogP contribution in [0, 0.1) is 5.92 Å². The second-order valence-electron chi connectivity index (χ2n) is 4.12. The Morgan fingerprint density at radius 2 is 2.33 bits per heavy atom. The monoisotopic (exact) mass is 209 g/mol. The molecule has 0 aromatic rings. The Balaban J connectivity index is 2.27. The van der Waals surface area contributed by atoms with Crippen LogP contribution in [0.25, 0.3) is 0 Å². The highest BCUT2D eigenvalue weighted by Gasteiger charge is 2.17. The van der Waals surface area contributed by atoms with Crippen molar-refractivity contribution in [1.29, 1.82) is 0 Å². The van der Waals surface area contributed by atoms with Crippen LogP contribution in [0.1, 0.15) is 13.3 Å². The quantitative estimate of drug-likeness (QED) is 0.659. The van der Waals surface area contributed by atoms with E-state index in [1.807, 2.05) is 38.1 Å². The molecule has 0 saturated carbocycles. The van der Waals surface area contributed by atoms with Crippen molar-refractivity contribution in [3.8, 4) is 0 Å². The first-order valence-electron chi connectivity index (χ1n) is 5.26. The first-order valence-corrected chi connectivity index (χ1v) is 5.26. The highest BCUT2D eigenvalue weighted by Crippen LogP contribution is 2.17. The van der Waals surface area contributed by atoms with Crippen molar-refractivity contribution >= 4 is 5.97 Å². The number of esters is 1. The van der Waals surface area contributed by atoms with Gasteiger partial charge in [0.25, 0.3) is 0 Å². The van der Waals surface area contributed by atoms with Gasteiger partial charge in [-0.2, -0.15) is 0 Å². The molecule has 0 heterocycles. The molecule has 3 nitrogen and oxygen atoms in total. The highest BCUT2D eigenvalue weighted by molar-refractivity contribution is 5.75. The zero-order valence-corrected chi connectivity index (χ0v) is 9.69. The van der Waals surface area contributed by atoms with Crippen molar-refractivity contribution in [2.45, 2.75) is 13.3 Å². The van der Waals surface area contributed by atoms with E-state index in [0.29, 0.717) is 6.61 Å². The molecule has 84 valence electrons. The number of likely N-dealkylation sites (N-methyl/N-ethyl adjacent to an activating group) is 1. The lowest BCUT2D eigenvalue weighted by atomic mass is 9.98. The third-order valence-electron chi connectivity index (χ3n) is 2.37. The van der Waals surface area contributed by atoms with Crippen LogP contribution in [0.5, 0.6) is 0 Å². The second-order valence-corrected chi connectivity index (χ2v) is 4.12. The van der Waals surface area contributed by atoms with Crippen LogP contribution in [0.15, 0.2) is 23.8 Å². The smallest absolute Gasteiger partial charge is 0.313 e. The number of carbonyl (C=O) groups is 1. The van der Waals surface area contributed by atoms with Crippen LogP contribution in [0.3, 0.4) is 0 Å². The van der Waals surface area contributed by atoms with Crippen molar-refractivity contribution in [2.75, 3.05) is 27.2 Å². The average Bonchev–Trinajstić information content (AvgIpc) is 2.18. The maximum atomic E-state index is 11.6. The van der Waals surface area contributed by atoms with Crippen LogP contribution in [-0.4, -0.2) is 38.1 Å². The summed E-state index contributed by atoms with van der Waals surface area (Å²) in [5.41, 5.74) is 1.22. The van der Waals surface area contributed by atoms with Crippen molar-refractivity contribution in [1.82, 2.24) is 4.90 Å². The predicted molar refractivity (Wildman–Crippen MR) is 60.5 cm³/mol. The topological polar surface area (TPSA) is 29.5 Å². The van der Waals surface area contributed by atoms with E-state index in [2.05, 4.69) is 6.08 Å². The van der Waals surface area contributed by atoms with Crippen molar-refractivity contribution in [2.24, 2.45) is 5.92 Å². The van der Waals surface area contributed by atoms with Crippen molar-refractivity contribution < 1.29 is 9.53 Å². The summed E-state index contributed by atoms with van der Waals surface area (Å²) in [6.45, 7) is 3.28. The fraction of sp³-hybridized carbons (Fsp3) is 0.583. The van der Waals surface area contributed by atoms with Crippen LogP contribution in [0.2, 0.25) is 0 Å². The third-order valence-corrected chi connectivity index (χ3v) is 2.37. The molecule has 0 bridgehead atoms. The number of hydrogen-bond acceptors (Lipinski definition) is 3. The van der Waals surface area contributed by atoms with Gasteiger partial charge in [0.1, 0.15) is 6.61 Å². The first-order chi connectivity index (χ1) is 7.09. The minimum atomic E-state index is -0.114. The van der Waals surface area contributed by atoms with Gasteiger partial charge in [0.2, 0.25) is 0 Å². The lowest BCUT2D eigenvalue weighted by Crippen LogP contribution is -2.23. The summed E-state index contributed by atoms with van der Waals surface area (Å²) in [5.74, 6) is -0.201. The summed E-state index contributed by atoms with van der Waals surface area (Å²) in [7, 11) is 3.92. The van der Waals surface area contributed by atoms with Gasteiger partial charge in [0, 0.05) is 6.54 Å². The van der Waals surface area contributed by atoms with E-state index in [4.69, 9.17) is 4.74 Å². The van der Waals surface area contributed by atoms with Gasteiger partial charge in [-0.05, 0) is 27.4 Å². The fourth-order valence-electron chi connectivity index (χ4n) is 1.34. The molecule has 1 aliphatic carbocycles. The molecule has 0 aliphatic heterocycles. The number of allylic oxidation sites excluding steroid dienone is 3. The van der Waals surface area contributed by atoms with Gasteiger partial charge in [-0.3, -0.25) is 4.79 Å². The third kappa shape index (κ3) is 4.30. The largest absolute Gasteiger partial charge is 0.464 e. The molecular formula is C12H19NO2. The number of hydrogen-bond donors (Lipinski definition) is 0. The molecule has 0 amide bonds. The number of carbonyl (C=O) groups excluding carboxylic acids is 1. The zero-order chi connectivity index (χ0) is 11.3. The molecule has 0 saturated heterocycles. The summed E-state index contributed by atoms with van der Waals surface area (Å²) in [6, 6.07) is 0. The minimum Gasteiger partial charge on any atom is -0.464 e. The summed E-state index contributed by atoms with van der Waals surface area (Å²) < 4.78 is 5.17. The molecule has 0 aromatic heterocycles. The lowest BCUT2D eigenvalue weighted by Gasteiger charge is -2.15. The summed E-state index contributed by atoms with van der Waals surface area (Å²) in [4.78, 5) is 13.6. The maximum Gasteiger partial charge on any atom is 0.313 e. The first kappa shape index (κ1) is 12.0. The lowest BCUT2D eigenvalue weighted by molar-refractivity contribution is -0.147. The van der Waals surface area contributed by atoms with Gasteiger partial charge in [-0.15, -0.1) is 0 Å². The standard InChI is InChI=1S/C12H19NO2/c1-10-4-6-11(7-5-10)12(14)15-9-8-13(2)3/h4-6,11H,7-9H2,1-3H3. The van der Waals surface area contributed by atoms with E-state index < -0.39 is 0 Å². The van der Waals surface area contributed by atoms with Crippen LogP contribution >= 0.6 is 0 Å². The zero-order valence-electron chi connectivity index (χ0n) is 9.69. The molecule has 1 atom stereocenters. The second kappa shape index (κ2) is 5.71. The number of rotatable bonds is 4. The Bertz CT molecular complexity index is 279. The molecular weight excluding hydrogens is 190 g/mol. The maximum absolute atomic E-state index is 11.6. The number of ether oxygens (including phenoxy) is 1. The Labute approximate surface area is 91.4 Å². The molecule has 0 N–H and O–H groups in total. The molecule has 3 heteroatoms. The van der Waals surface area contributed by atoms with Crippen molar-refractivity contribution in [3.05, 3.63) is 23.8 Å². The molecule has 0 radical (unpaired) electrons. The molecule has 1 unspecified atom stereocenters. The minimum absolute atomic E-state index is 0.0872. The van der Waals surface area contributed by atoms with Gasteiger partial charge in [0.15, 0.2) is 0 Å². The summed E-state index contributed by atoms with van der Waals surface area (Å²) >= 11 is 0. The van der Waals surface area contributed by atoms with E-state index in [-0.39, 0.29) is 11.9 Å². The molecule has 15 heavy (non-hydrogen) atoms. The van der Waals surface area contributed by atoms with E-state index in [1.54, 1.807) is 0 Å². The van der Waals surface area contributed by atoms with Gasteiger partial charge in [-0.25, -0.2) is 0 Å². The van der Waals surface area contributed by atoms with Crippen molar-refractivity contribution in [3.63, 3.8) is 0 Å². The van der Waals surface area contributed by atoms with Crippen LogP contribution in [-0.2, 0) is 9.53 Å². The molecule has 0 spiro atoms. The fourth-order valence-corrected chi connectivity index (χ4v) is 1.34. The Morgan fingerprint density at radius 3 is 2.87 bits per heavy atom. The molecule has 1 aliphatic rings. The number of nitrogens with zero attached hydrogens (tertiary/aromatic N) is 1. The van der Waals surface area contributed by atoms with E-state index in [1.165, 1.54) is 5.57 Å². The predicted octanol–water partition coefficient (Wildman–Crippen LogP) is 1.61. The SMILES string of the molecule is CC1=CCC(C(=O)OCCN(C)C)C=C1. The van der Waals surface area contributed by atoms with Gasteiger partial charge in [0.05, 0.1) is 5.92 Å². The van der Waals surface area contributed by atoms with Crippen LogP contribution < -0.4 is 0 Å². The summed E-state index contributed by atoms with van der Waals surface area (Å²) in [6.07, 6.45) is 6.73. The molecule has 0 aromatic carbocycles. The van der Waals surface area contributed by atoms with E-state index >= 15 is 0 Å². The molecule has 0 fully saturated rings. The van der Waals surface area contributed by atoms with Gasteiger partial charge < -0.3 is 9.64 Å². The molecule has 1 rings (SSSR count). The Kier molecular flexibility index (Phi) is 4.56. The van der Waals surface area contributed by atoms with E-state index in [0.717, 1.165) is 13.0 Å². The summed E-state index contributed by atoms with van der Waals surface area (Å²) in [5, 5.41) is 0. The van der Waals surface area contributed by atoms with Crippen LogP contribution in [0.4, 0.5) is 0 Å². The average molecular weight is 209 g/mol.